The third-order valence-electron chi connectivity index (χ3n) is 6.98. The zero-order valence-corrected chi connectivity index (χ0v) is 18.6. The molecule has 0 unspecified atom stereocenters. The van der Waals surface area contributed by atoms with Gasteiger partial charge in [-0.15, -0.1) is 0 Å². The number of piperidine rings is 1. The molecular weight excluding hydrogens is 368 g/mol. The lowest BCUT2D eigenvalue weighted by Crippen LogP contribution is -2.41. The smallest absolute Gasteiger partial charge is 0.223 e. The first kappa shape index (κ1) is 21.1. The molecule has 2 aromatic rings. The lowest BCUT2D eigenvalue weighted by Gasteiger charge is -2.32. The summed E-state index contributed by atoms with van der Waals surface area (Å²) < 4.78 is 0. The first-order valence-electron chi connectivity index (χ1n) is 11.8. The van der Waals surface area contributed by atoms with Gasteiger partial charge in [-0.3, -0.25) is 9.69 Å². The topological polar surface area (TPSA) is 32.3 Å². The number of amides is 1. The van der Waals surface area contributed by atoms with Gasteiger partial charge in [-0.05, 0) is 87.2 Å². The van der Waals surface area contributed by atoms with E-state index in [9.17, 15) is 4.79 Å². The molecule has 3 heteroatoms. The van der Waals surface area contributed by atoms with Crippen molar-refractivity contribution in [3.05, 3.63) is 70.3 Å². The summed E-state index contributed by atoms with van der Waals surface area (Å²) in [6, 6.07) is 15.8. The van der Waals surface area contributed by atoms with Crippen LogP contribution in [0.3, 0.4) is 0 Å². The van der Waals surface area contributed by atoms with Gasteiger partial charge in [0.1, 0.15) is 0 Å². The molecular formula is C27H36N2O. The van der Waals surface area contributed by atoms with Gasteiger partial charge in [0.2, 0.25) is 5.91 Å². The predicted octanol–water partition coefficient (Wildman–Crippen LogP) is 5.35. The molecule has 1 aliphatic carbocycles. The highest BCUT2D eigenvalue weighted by atomic mass is 16.1. The third-order valence-corrected chi connectivity index (χ3v) is 6.98. The second-order valence-corrected chi connectivity index (χ2v) is 9.24. The van der Waals surface area contributed by atoms with Crippen molar-refractivity contribution >= 4 is 5.91 Å². The Hall–Kier alpha value is -2.13. The summed E-state index contributed by atoms with van der Waals surface area (Å²) in [4.78, 5) is 15.5. The van der Waals surface area contributed by atoms with E-state index in [0.717, 1.165) is 38.9 Å². The number of likely N-dealkylation sites (tertiary alicyclic amines) is 1. The van der Waals surface area contributed by atoms with Crippen molar-refractivity contribution in [1.82, 2.24) is 10.2 Å². The minimum atomic E-state index is 0.135. The third kappa shape index (κ3) is 5.13. The second kappa shape index (κ2) is 9.78. The van der Waals surface area contributed by atoms with Crippen LogP contribution in [0.4, 0.5) is 0 Å². The summed E-state index contributed by atoms with van der Waals surface area (Å²) in [7, 11) is 0. The molecule has 4 rings (SSSR count). The Morgan fingerprint density at radius 1 is 1.03 bits per heavy atom. The number of hydrogen-bond donors (Lipinski definition) is 1. The lowest BCUT2D eigenvalue weighted by atomic mass is 9.88. The molecule has 0 spiro atoms. The molecule has 1 heterocycles. The van der Waals surface area contributed by atoms with Crippen LogP contribution in [0.2, 0.25) is 0 Å². The van der Waals surface area contributed by atoms with Crippen LogP contribution in [-0.4, -0.2) is 23.9 Å². The summed E-state index contributed by atoms with van der Waals surface area (Å²) in [6.45, 7) is 7.29. The molecule has 0 saturated carbocycles. The molecule has 2 aliphatic rings. The Balaban J connectivity index is 1.30. The number of carbonyl (C=O) groups is 1. The van der Waals surface area contributed by atoms with Crippen molar-refractivity contribution in [2.45, 2.75) is 71.4 Å². The van der Waals surface area contributed by atoms with Crippen LogP contribution >= 0.6 is 0 Å². The maximum Gasteiger partial charge on any atom is 0.223 e. The number of nitrogens with one attached hydrogen (secondary N) is 1. The van der Waals surface area contributed by atoms with E-state index in [4.69, 9.17) is 0 Å². The van der Waals surface area contributed by atoms with Crippen LogP contribution in [0.1, 0.15) is 72.9 Å². The highest BCUT2D eigenvalue weighted by Crippen LogP contribution is 2.27. The molecule has 3 nitrogen and oxygen atoms in total. The van der Waals surface area contributed by atoms with Gasteiger partial charge in [-0.1, -0.05) is 55.0 Å². The number of hydrogen-bond acceptors (Lipinski definition) is 2. The molecule has 1 N–H and O–H groups in total. The Morgan fingerprint density at radius 3 is 2.43 bits per heavy atom. The zero-order chi connectivity index (χ0) is 20.9. The van der Waals surface area contributed by atoms with Crippen LogP contribution in [0, 0.1) is 12.8 Å². The van der Waals surface area contributed by atoms with Gasteiger partial charge < -0.3 is 5.32 Å². The number of nitrogens with zero attached hydrogens (tertiary/aromatic N) is 1. The quantitative estimate of drug-likeness (QED) is 0.703. The number of benzene rings is 2. The van der Waals surface area contributed by atoms with Gasteiger partial charge in [-0.2, -0.15) is 0 Å². The second-order valence-electron chi connectivity index (χ2n) is 9.24. The highest BCUT2D eigenvalue weighted by Gasteiger charge is 2.27. The first-order chi connectivity index (χ1) is 14.6. The maximum absolute atomic E-state index is 13.0. The van der Waals surface area contributed by atoms with Crippen LogP contribution in [-0.2, 0) is 24.2 Å². The Bertz CT molecular complexity index is 850. The van der Waals surface area contributed by atoms with Gasteiger partial charge in [0, 0.05) is 12.5 Å². The largest absolute Gasteiger partial charge is 0.349 e. The molecule has 160 valence electrons. The van der Waals surface area contributed by atoms with E-state index < -0.39 is 0 Å². The van der Waals surface area contributed by atoms with Crippen LogP contribution in [0.5, 0.6) is 0 Å². The molecule has 1 fully saturated rings. The summed E-state index contributed by atoms with van der Waals surface area (Å²) in [5.74, 6) is 0.389. The monoisotopic (exact) mass is 404 g/mol. The highest BCUT2D eigenvalue weighted by molar-refractivity contribution is 5.79. The van der Waals surface area contributed by atoms with Crippen LogP contribution < -0.4 is 5.32 Å². The zero-order valence-electron chi connectivity index (χ0n) is 18.6. The van der Waals surface area contributed by atoms with Crippen LogP contribution in [0.25, 0.3) is 0 Å². The predicted molar refractivity (Wildman–Crippen MR) is 123 cm³/mol. The van der Waals surface area contributed by atoms with Crippen molar-refractivity contribution in [2.75, 3.05) is 13.1 Å². The average Bonchev–Trinajstić information content (AvgIpc) is 2.79. The lowest BCUT2D eigenvalue weighted by molar-refractivity contribution is -0.127. The fourth-order valence-corrected chi connectivity index (χ4v) is 4.99. The molecule has 1 amide bonds. The van der Waals surface area contributed by atoms with E-state index in [1.54, 1.807) is 0 Å². The van der Waals surface area contributed by atoms with Gasteiger partial charge in [0.05, 0.1) is 6.04 Å². The number of carbonyl (C=O) groups excluding carboxylic acids is 1. The molecule has 1 aliphatic heterocycles. The van der Waals surface area contributed by atoms with Crippen molar-refractivity contribution in [3.8, 4) is 0 Å². The summed E-state index contributed by atoms with van der Waals surface area (Å²) >= 11 is 0. The summed E-state index contributed by atoms with van der Waals surface area (Å²) in [5, 5.41) is 3.37. The van der Waals surface area contributed by atoms with E-state index in [1.807, 2.05) is 0 Å². The Kier molecular flexibility index (Phi) is 6.89. The van der Waals surface area contributed by atoms with Gasteiger partial charge in [0.25, 0.3) is 0 Å². The minimum Gasteiger partial charge on any atom is -0.349 e. The van der Waals surface area contributed by atoms with Gasteiger partial charge in [-0.25, -0.2) is 0 Å². The normalized spacial score (nSPS) is 18.6. The van der Waals surface area contributed by atoms with Gasteiger partial charge in [0.15, 0.2) is 0 Å². The number of rotatable bonds is 6. The molecule has 2 aromatic carbocycles. The van der Waals surface area contributed by atoms with Crippen molar-refractivity contribution in [1.29, 1.82) is 0 Å². The fourth-order valence-electron chi connectivity index (χ4n) is 4.99. The molecule has 1 saturated heterocycles. The van der Waals surface area contributed by atoms with Crippen LogP contribution in [0.15, 0.2) is 42.5 Å². The number of fused-ring (bicyclic) bond motifs is 1. The molecule has 0 aromatic heterocycles. The minimum absolute atomic E-state index is 0.135. The van der Waals surface area contributed by atoms with E-state index in [1.165, 1.54) is 53.5 Å². The SMILES string of the molecule is CC[C@H](NC(=O)C1CCN(Cc2ccc(C)cc2)CC1)c1ccc2c(c1)CCCC2. The number of aryl methyl sites for hydroxylation is 3. The molecule has 30 heavy (non-hydrogen) atoms. The van der Waals surface area contributed by atoms with E-state index in [0.29, 0.717) is 0 Å². The molecule has 1 atom stereocenters. The maximum atomic E-state index is 13.0. The molecule has 0 radical (unpaired) electrons. The van der Waals surface area contributed by atoms with Crippen molar-refractivity contribution in [3.63, 3.8) is 0 Å². The molecule has 0 bridgehead atoms. The summed E-state index contributed by atoms with van der Waals surface area (Å²) in [5.41, 5.74) is 6.95. The van der Waals surface area contributed by atoms with Crippen molar-refractivity contribution in [2.24, 2.45) is 5.92 Å². The van der Waals surface area contributed by atoms with E-state index in [-0.39, 0.29) is 17.9 Å². The van der Waals surface area contributed by atoms with E-state index >= 15 is 0 Å². The first-order valence-corrected chi connectivity index (χ1v) is 11.8. The van der Waals surface area contributed by atoms with Gasteiger partial charge >= 0.3 is 0 Å². The van der Waals surface area contributed by atoms with Crippen molar-refractivity contribution < 1.29 is 4.79 Å². The average molecular weight is 405 g/mol. The Labute approximate surface area is 181 Å². The Morgan fingerprint density at radius 2 is 1.73 bits per heavy atom. The van der Waals surface area contributed by atoms with E-state index in [2.05, 4.69) is 66.5 Å². The summed E-state index contributed by atoms with van der Waals surface area (Å²) in [6.07, 6.45) is 7.85. The fraction of sp³-hybridized carbons (Fsp3) is 0.519. The standard InChI is InChI=1S/C27H36N2O/c1-3-26(25-13-12-22-6-4-5-7-24(22)18-25)28-27(30)23-14-16-29(17-15-23)19-21-10-8-20(2)9-11-21/h8-13,18,23,26H,3-7,14-17,19H2,1-2H3,(H,28,30)/t26-/m0/s1.